The molecule has 0 heterocycles. The van der Waals surface area contributed by atoms with E-state index in [4.69, 9.17) is 16.7 Å². The first kappa shape index (κ1) is 14.2. The topological polar surface area (TPSA) is 54.4 Å². The van der Waals surface area contributed by atoms with Crippen molar-refractivity contribution < 1.29 is 19.1 Å². The summed E-state index contributed by atoms with van der Waals surface area (Å²) in [6.45, 7) is 0. The molecule has 0 aliphatic carbocycles. The van der Waals surface area contributed by atoms with Crippen molar-refractivity contribution in [2.45, 2.75) is 6.42 Å². The van der Waals surface area contributed by atoms with Gasteiger partial charge in [-0.05, 0) is 23.8 Å². The van der Waals surface area contributed by atoms with E-state index in [0.717, 1.165) is 6.07 Å². The third kappa shape index (κ3) is 2.86. The van der Waals surface area contributed by atoms with Crippen LogP contribution in [0.15, 0.2) is 42.5 Å². The molecule has 5 heteroatoms. The number of hydrogen-bond acceptors (Lipinski definition) is 2. The Kier molecular flexibility index (Phi) is 4.15. The molecule has 0 aliphatic rings. The van der Waals surface area contributed by atoms with Crippen LogP contribution in [0.25, 0.3) is 0 Å². The molecule has 0 bridgehead atoms. The van der Waals surface area contributed by atoms with Gasteiger partial charge >= 0.3 is 5.97 Å². The van der Waals surface area contributed by atoms with E-state index < -0.39 is 17.6 Å². The van der Waals surface area contributed by atoms with Crippen molar-refractivity contribution in [2.24, 2.45) is 0 Å². The molecule has 2 aromatic rings. The molecule has 1 N–H and O–H groups in total. The average molecular weight is 293 g/mol. The second-order valence-corrected chi connectivity index (χ2v) is 4.57. The SMILES string of the molecule is O=C(O)c1ccccc1CC(=O)c1c(F)cccc1Cl. The minimum Gasteiger partial charge on any atom is -0.478 e. The minimum atomic E-state index is -1.13. The number of Topliss-reactive ketones (excluding diaryl/α,β-unsaturated/α-hetero) is 1. The van der Waals surface area contributed by atoms with E-state index in [1.54, 1.807) is 12.1 Å². The lowest BCUT2D eigenvalue weighted by Gasteiger charge is -2.07. The third-order valence-electron chi connectivity index (χ3n) is 2.84. The van der Waals surface area contributed by atoms with Crippen LogP contribution in [0, 0.1) is 5.82 Å². The van der Waals surface area contributed by atoms with Gasteiger partial charge in [0.1, 0.15) is 5.82 Å². The van der Waals surface area contributed by atoms with Gasteiger partial charge in [-0.1, -0.05) is 35.9 Å². The molecule has 0 fully saturated rings. The molecule has 0 radical (unpaired) electrons. The van der Waals surface area contributed by atoms with E-state index >= 15 is 0 Å². The summed E-state index contributed by atoms with van der Waals surface area (Å²) >= 11 is 5.82. The Morgan fingerprint density at radius 1 is 1.10 bits per heavy atom. The van der Waals surface area contributed by atoms with Crippen LogP contribution in [0.1, 0.15) is 26.3 Å². The van der Waals surface area contributed by atoms with Crippen LogP contribution in [0.5, 0.6) is 0 Å². The summed E-state index contributed by atoms with van der Waals surface area (Å²) in [5, 5.41) is 9.06. The molecular formula is C15H10ClFO3. The highest BCUT2D eigenvalue weighted by Crippen LogP contribution is 2.22. The molecule has 0 atom stereocenters. The van der Waals surface area contributed by atoms with Crippen molar-refractivity contribution in [3.8, 4) is 0 Å². The molecule has 0 unspecified atom stereocenters. The van der Waals surface area contributed by atoms with Gasteiger partial charge < -0.3 is 5.11 Å². The number of benzene rings is 2. The molecule has 0 spiro atoms. The lowest BCUT2D eigenvalue weighted by Crippen LogP contribution is -2.10. The van der Waals surface area contributed by atoms with Gasteiger partial charge in [0.05, 0.1) is 16.1 Å². The van der Waals surface area contributed by atoms with Crippen molar-refractivity contribution in [3.05, 3.63) is 70.0 Å². The van der Waals surface area contributed by atoms with Gasteiger partial charge in [-0.25, -0.2) is 9.18 Å². The van der Waals surface area contributed by atoms with Crippen LogP contribution in [0.4, 0.5) is 4.39 Å². The molecule has 0 saturated heterocycles. The summed E-state index contributed by atoms with van der Waals surface area (Å²) in [4.78, 5) is 23.2. The molecule has 0 amide bonds. The maximum absolute atomic E-state index is 13.6. The Bertz CT molecular complexity index is 662. The van der Waals surface area contributed by atoms with E-state index in [0.29, 0.717) is 5.56 Å². The lowest BCUT2D eigenvalue weighted by atomic mass is 9.98. The van der Waals surface area contributed by atoms with Crippen molar-refractivity contribution in [1.82, 2.24) is 0 Å². The second-order valence-electron chi connectivity index (χ2n) is 4.16. The van der Waals surface area contributed by atoms with Crippen LogP contribution in [0.3, 0.4) is 0 Å². The summed E-state index contributed by atoms with van der Waals surface area (Å²) in [5.74, 6) is -2.40. The van der Waals surface area contributed by atoms with E-state index in [2.05, 4.69) is 0 Å². The number of halogens is 2. The van der Waals surface area contributed by atoms with Gasteiger partial charge in [0.2, 0.25) is 0 Å². The molecule has 20 heavy (non-hydrogen) atoms. The smallest absolute Gasteiger partial charge is 0.335 e. The number of carbonyl (C=O) groups is 2. The molecule has 2 rings (SSSR count). The Hall–Kier alpha value is -2.20. The standard InChI is InChI=1S/C15H10ClFO3/c16-11-6-3-7-12(17)14(11)13(18)8-9-4-1-2-5-10(9)15(19)20/h1-7H,8H2,(H,19,20). The number of carboxylic acids is 1. The first-order chi connectivity index (χ1) is 9.50. The van der Waals surface area contributed by atoms with Gasteiger partial charge in [-0.3, -0.25) is 4.79 Å². The first-order valence-electron chi connectivity index (χ1n) is 5.79. The highest BCUT2D eigenvalue weighted by Gasteiger charge is 2.18. The van der Waals surface area contributed by atoms with Gasteiger partial charge in [-0.15, -0.1) is 0 Å². The first-order valence-corrected chi connectivity index (χ1v) is 6.17. The molecule has 102 valence electrons. The van der Waals surface area contributed by atoms with Gasteiger partial charge in [0.15, 0.2) is 5.78 Å². The number of ketones is 1. The fourth-order valence-corrected chi connectivity index (χ4v) is 2.18. The Labute approximate surface area is 119 Å². The molecule has 2 aromatic carbocycles. The van der Waals surface area contributed by atoms with Gasteiger partial charge in [-0.2, -0.15) is 0 Å². The lowest BCUT2D eigenvalue weighted by molar-refractivity contribution is 0.0696. The van der Waals surface area contributed by atoms with E-state index in [1.807, 2.05) is 0 Å². The van der Waals surface area contributed by atoms with Crippen molar-refractivity contribution >= 4 is 23.4 Å². The van der Waals surface area contributed by atoms with Crippen LogP contribution in [-0.4, -0.2) is 16.9 Å². The average Bonchev–Trinajstić information content (AvgIpc) is 2.38. The Balaban J connectivity index is 2.36. The van der Waals surface area contributed by atoms with Crippen molar-refractivity contribution in [1.29, 1.82) is 0 Å². The number of carboxylic acid groups (broad SMARTS) is 1. The molecule has 0 aliphatic heterocycles. The van der Waals surface area contributed by atoms with E-state index in [-0.39, 0.29) is 22.6 Å². The molecule has 3 nitrogen and oxygen atoms in total. The van der Waals surface area contributed by atoms with E-state index in [1.165, 1.54) is 24.3 Å². The monoisotopic (exact) mass is 292 g/mol. The fourth-order valence-electron chi connectivity index (χ4n) is 1.91. The number of carbonyl (C=O) groups excluding carboxylic acids is 1. The number of aromatic carboxylic acids is 1. The Morgan fingerprint density at radius 3 is 2.45 bits per heavy atom. The van der Waals surface area contributed by atoms with Crippen molar-refractivity contribution in [2.75, 3.05) is 0 Å². The zero-order valence-corrected chi connectivity index (χ0v) is 11.0. The molecule has 0 aromatic heterocycles. The predicted octanol–water partition coefficient (Wildman–Crippen LogP) is 3.60. The zero-order valence-electron chi connectivity index (χ0n) is 10.3. The maximum Gasteiger partial charge on any atom is 0.335 e. The van der Waals surface area contributed by atoms with E-state index in [9.17, 15) is 14.0 Å². The second kappa shape index (κ2) is 5.84. The summed E-state index contributed by atoms with van der Waals surface area (Å²) in [7, 11) is 0. The maximum atomic E-state index is 13.6. The highest BCUT2D eigenvalue weighted by atomic mass is 35.5. The fraction of sp³-hybridized carbons (Fsp3) is 0.0667. The predicted molar refractivity (Wildman–Crippen MR) is 72.8 cm³/mol. The van der Waals surface area contributed by atoms with Crippen LogP contribution in [-0.2, 0) is 6.42 Å². The summed E-state index contributed by atoms with van der Waals surface area (Å²) in [6, 6.07) is 10.1. The minimum absolute atomic E-state index is 0.0165. The van der Waals surface area contributed by atoms with Gasteiger partial charge in [0.25, 0.3) is 0 Å². The summed E-state index contributed by atoms with van der Waals surface area (Å²) in [6.07, 6.45) is -0.219. The van der Waals surface area contributed by atoms with Crippen LogP contribution >= 0.6 is 11.6 Å². The van der Waals surface area contributed by atoms with Gasteiger partial charge in [0, 0.05) is 6.42 Å². The number of hydrogen-bond donors (Lipinski definition) is 1. The summed E-state index contributed by atoms with van der Waals surface area (Å²) < 4.78 is 13.6. The largest absolute Gasteiger partial charge is 0.478 e. The third-order valence-corrected chi connectivity index (χ3v) is 3.16. The molecular weight excluding hydrogens is 283 g/mol. The Morgan fingerprint density at radius 2 is 1.80 bits per heavy atom. The van der Waals surface area contributed by atoms with Crippen molar-refractivity contribution in [3.63, 3.8) is 0 Å². The van der Waals surface area contributed by atoms with Crippen LogP contribution in [0.2, 0.25) is 5.02 Å². The quantitative estimate of drug-likeness (QED) is 0.876. The molecule has 0 saturated carbocycles. The zero-order chi connectivity index (χ0) is 14.7. The number of rotatable bonds is 4. The normalized spacial score (nSPS) is 10.3. The van der Waals surface area contributed by atoms with Crippen LogP contribution < -0.4 is 0 Å². The highest BCUT2D eigenvalue weighted by molar-refractivity contribution is 6.34. The summed E-state index contributed by atoms with van der Waals surface area (Å²) in [5.41, 5.74) is 0.131.